The van der Waals surface area contributed by atoms with Crippen molar-refractivity contribution in [2.24, 2.45) is 5.92 Å². The molecule has 0 saturated carbocycles. The third-order valence-corrected chi connectivity index (χ3v) is 4.80. The fourth-order valence-corrected chi connectivity index (χ4v) is 3.25. The van der Waals surface area contributed by atoms with Gasteiger partial charge in [-0.15, -0.1) is 0 Å². The van der Waals surface area contributed by atoms with Gasteiger partial charge in [-0.25, -0.2) is 0 Å². The van der Waals surface area contributed by atoms with E-state index in [2.05, 4.69) is 10.6 Å². The largest absolute Gasteiger partial charge is 0.359 e. The Bertz CT molecular complexity index is 828. The molecule has 1 fully saturated rings. The molecule has 1 aliphatic rings. The van der Waals surface area contributed by atoms with Crippen molar-refractivity contribution in [3.05, 3.63) is 65.7 Å². The Morgan fingerprint density at radius 1 is 0.926 bits per heavy atom. The smallest absolute Gasteiger partial charge is 0.255 e. The topological polar surface area (TPSA) is 78.5 Å². The quantitative estimate of drug-likeness (QED) is 0.874. The number of benzene rings is 2. The van der Waals surface area contributed by atoms with E-state index in [1.807, 2.05) is 6.07 Å². The lowest BCUT2D eigenvalue weighted by atomic mass is 9.95. The van der Waals surface area contributed by atoms with E-state index in [9.17, 15) is 14.4 Å². The molecule has 27 heavy (non-hydrogen) atoms. The number of likely N-dealkylation sites (tertiary alicyclic amines) is 1. The minimum absolute atomic E-state index is 0.0319. The van der Waals surface area contributed by atoms with Crippen molar-refractivity contribution in [2.45, 2.75) is 12.8 Å². The Hall–Kier alpha value is -3.15. The summed E-state index contributed by atoms with van der Waals surface area (Å²) >= 11 is 0. The van der Waals surface area contributed by atoms with Gasteiger partial charge in [0.2, 0.25) is 5.91 Å². The Morgan fingerprint density at radius 2 is 1.59 bits per heavy atom. The molecule has 2 aromatic carbocycles. The zero-order valence-electron chi connectivity index (χ0n) is 15.3. The number of amides is 3. The van der Waals surface area contributed by atoms with Gasteiger partial charge in [0.25, 0.3) is 11.8 Å². The monoisotopic (exact) mass is 365 g/mol. The second-order valence-electron chi connectivity index (χ2n) is 6.58. The zero-order valence-corrected chi connectivity index (χ0v) is 15.3. The molecule has 0 unspecified atom stereocenters. The maximum atomic E-state index is 12.8. The molecule has 2 aromatic rings. The molecular formula is C21H23N3O3. The fraction of sp³-hybridized carbons (Fsp3) is 0.286. The first-order valence-corrected chi connectivity index (χ1v) is 9.06. The van der Waals surface area contributed by atoms with Crippen LogP contribution in [0.1, 0.15) is 33.6 Å². The number of carbonyl (C=O) groups is 3. The number of rotatable bonds is 4. The van der Waals surface area contributed by atoms with Crippen molar-refractivity contribution in [3.8, 4) is 0 Å². The molecule has 1 heterocycles. The number of hydrogen-bond acceptors (Lipinski definition) is 3. The predicted molar refractivity (Wildman–Crippen MR) is 104 cm³/mol. The van der Waals surface area contributed by atoms with Crippen molar-refractivity contribution in [3.63, 3.8) is 0 Å². The van der Waals surface area contributed by atoms with Gasteiger partial charge in [-0.2, -0.15) is 0 Å². The van der Waals surface area contributed by atoms with E-state index in [0.29, 0.717) is 42.7 Å². The van der Waals surface area contributed by atoms with E-state index in [0.717, 1.165) is 0 Å². The molecule has 1 saturated heterocycles. The lowest BCUT2D eigenvalue weighted by molar-refractivity contribution is -0.125. The summed E-state index contributed by atoms with van der Waals surface area (Å²) in [4.78, 5) is 38.5. The van der Waals surface area contributed by atoms with Crippen LogP contribution in [-0.4, -0.2) is 42.8 Å². The van der Waals surface area contributed by atoms with Crippen LogP contribution in [0.4, 0.5) is 5.69 Å². The Morgan fingerprint density at radius 3 is 2.26 bits per heavy atom. The van der Waals surface area contributed by atoms with Crippen LogP contribution >= 0.6 is 0 Å². The van der Waals surface area contributed by atoms with Gasteiger partial charge in [-0.05, 0) is 43.2 Å². The molecule has 6 nitrogen and oxygen atoms in total. The summed E-state index contributed by atoms with van der Waals surface area (Å²) in [6.45, 7) is 1.11. The van der Waals surface area contributed by atoms with Gasteiger partial charge in [0.15, 0.2) is 0 Å². The summed E-state index contributed by atoms with van der Waals surface area (Å²) in [7, 11) is 1.63. The van der Waals surface area contributed by atoms with Crippen molar-refractivity contribution in [1.82, 2.24) is 10.2 Å². The maximum Gasteiger partial charge on any atom is 0.255 e. The fourth-order valence-electron chi connectivity index (χ4n) is 3.25. The molecule has 3 amide bonds. The summed E-state index contributed by atoms with van der Waals surface area (Å²) in [5.41, 5.74) is 1.67. The number of piperidine rings is 1. The Kier molecular flexibility index (Phi) is 5.86. The normalized spacial score (nSPS) is 14.5. The number of nitrogens with one attached hydrogen (secondary N) is 2. The molecule has 6 heteroatoms. The highest BCUT2D eigenvalue weighted by atomic mass is 16.2. The highest BCUT2D eigenvalue weighted by molar-refractivity contribution is 6.05. The van der Waals surface area contributed by atoms with Crippen LogP contribution in [0.15, 0.2) is 54.6 Å². The Labute approximate surface area is 158 Å². The van der Waals surface area contributed by atoms with Crippen molar-refractivity contribution >= 4 is 23.4 Å². The van der Waals surface area contributed by atoms with Gasteiger partial charge in [-0.1, -0.05) is 24.3 Å². The van der Waals surface area contributed by atoms with E-state index in [4.69, 9.17) is 0 Å². The second-order valence-corrected chi connectivity index (χ2v) is 6.58. The average molecular weight is 365 g/mol. The summed E-state index contributed by atoms with van der Waals surface area (Å²) in [5, 5.41) is 5.49. The molecule has 3 rings (SSSR count). The van der Waals surface area contributed by atoms with Crippen LogP contribution in [0.5, 0.6) is 0 Å². The van der Waals surface area contributed by atoms with Crippen LogP contribution in [0, 0.1) is 5.92 Å². The molecule has 2 N–H and O–H groups in total. The number of carbonyl (C=O) groups excluding carboxylic acids is 3. The van der Waals surface area contributed by atoms with Crippen LogP contribution in [0.3, 0.4) is 0 Å². The lowest BCUT2D eigenvalue weighted by Gasteiger charge is -2.31. The SMILES string of the molecule is CNC(=O)C1CCN(C(=O)c2cccc(NC(=O)c3ccccc3)c2)CC1. The van der Waals surface area contributed by atoms with Crippen LogP contribution < -0.4 is 10.6 Å². The molecule has 0 atom stereocenters. The minimum atomic E-state index is -0.216. The second kappa shape index (κ2) is 8.49. The van der Waals surface area contributed by atoms with Crippen LogP contribution in [-0.2, 0) is 4.79 Å². The Balaban J connectivity index is 1.64. The highest BCUT2D eigenvalue weighted by Crippen LogP contribution is 2.20. The van der Waals surface area contributed by atoms with E-state index in [-0.39, 0.29) is 23.6 Å². The van der Waals surface area contributed by atoms with E-state index < -0.39 is 0 Å². The van der Waals surface area contributed by atoms with Crippen LogP contribution in [0.2, 0.25) is 0 Å². The minimum Gasteiger partial charge on any atom is -0.359 e. The van der Waals surface area contributed by atoms with Crippen LogP contribution in [0.25, 0.3) is 0 Å². The highest BCUT2D eigenvalue weighted by Gasteiger charge is 2.27. The van der Waals surface area contributed by atoms with E-state index in [1.165, 1.54) is 0 Å². The number of hydrogen-bond donors (Lipinski definition) is 2. The standard InChI is InChI=1S/C21H23N3O3/c1-22-19(25)16-10-12-24(13-11-16)21(27)17-8-5-9-18(14-17)23-20(26)15-6-3-2-4-7-15/h2-9,14,16H,10-13H2,1H3,(H,22,25)(H,23,26). The molecule has 0 aromatic heterocycles. The molecule has 0 aliphatic carbocycles. The first kappa shape index (κ1) is 18.6. The van der Waals surface area contributed by atoms with Gasteiger partial charge < -0.3 is 15.5 Å². The molecule has 1 aliphatic heterocycles. The predicted octanol–water partition coefficient (Wildman–Crippen LogP) is 2.54. The number of anilines is 1. The molecule has 140 valence electrons. The molecule has 0 spiro atoms. The van der Waals surface area contributed by atoms with Gasteiger partial charge in [0.05, 0.1) is 0 Å². The molecular weight excluding hydrogens is 342 g/mol. The molecule has 0 bridgehead atoms. The zero-order chi connectivity index (χ0) is 19.2. The van der Waals surface area contributed by atoms with Crippen molar-refractivity contribution < 1.29 is 14.4 Å². The summed E-state index contributed by atoms with van der Waals surface area (Å²) < 4.78 is 0. The van der Waals surface area contributed by atoms with Crippen molar-refractivity contribution in [2.75, 3.05) is 25.5 Å². The third-order valence-electron chi connectivity index (χ3n) is 4.80. The average Bonchev–Trinajstić information content (AvgIpc) is 2.73. The van der Waals surface area contributed by atoms with E-state index in [1.54, 1.807) is 60.5 Å². The van der Waals surface area contributed by atoms with Crippen molar-refractivity contribution in [1.29, 1.82) is 0 Å². The van der Waals surface area contributed by atoms with Gasteiger partial charge in [-0.3, -0.25) is 14.4 Å². The first-order chi connectivity index (χ1) is 13.1. The lowest BCUT2D eigenvalue weighted by Crippen LogP contribution is -2.42. The van der Waals surface area contributed by atoms with Gasteiger partial charge in [0.1, 0.15) is 0 Å². The summed E-state index contributed by atoms with van der Waals surface area (Å²) in [6.07, 6.45) is 1.33. The maximum absolute atomic E-state index is 12.8. The first-order valence-electron chi connectivity index (χ1n) is 9.06. The van der Waals surface area contributed by atoms with E-state index >= 15 is 0 Å². The summed E-state index contributed by atoms with van der Waals surface area (Å²) in [5.74, 6) is -0.295. The number of nitrogens with zero attached hydrogens (tertiary/aromatic N) is 1. The third kappa shape index (κ3) is 4.53. The van der Waals surface area contributed by atoms with Gasteiger partial charge >= 0.3 is 0 Å². The molecule has 0 radical (unpaired) electrons. The van der Waals surface area contributed by atoms with Gasteiger partial charge in [0, 0.05) is 42.9 Å². The summed E-state index contributed by atoms with van der Waals surface area (Å²) in [6, 6.07) is 15.9.